The fourth-order valence-electron chi connectivity index (χ4n) is 1.73. The molecule has 5 heteroatoms. The second-order valence-electron chi connectivity index (χ2n) is 4.46. The molecule has 0 saturated carbocycles. The first kappa shape index (κ1) is 16.2. The minimum Gasteiger partial charge on any atom is -0.339 e. The summed E-state index contributed by atoms with van der Waals surface area (Å²) >= 11 is 5.99. The molecule has 4 nitrogen and oxygen atoms in total. The molecule has 20 heavy (non-hydrogen) atoms. The van der Waals surface area contributed by atoms with Crippen molar-refractivity contribution in [3.63, 3.8) is 0 Å². The van der Waals surface area contributed by atoms with Crippen molar-refractivity contribution in [2.24, 2.45) is 0 Å². The third kappa shape index (κ3) is 4.70. The monoisotopic (exact) mass is 294 g/mol. The topological polar surface area (TPSA) is 49.4 Å². The Morgan fingerprint density at radius 2 is 2.15 bits per heavy atom. The lowest BCUT2D eigenvalue weighted by Gasteiger charge is -2.19. The number of carbonyl (C=O) groups is 2. The smallest absolute Gasteiger partial charge is 0.226 e. The Bertz CT molecular complexity index is 515. The first-order valence-electron chi connectivity index (χ1n) is 6.37. The van der Waals surface area contributed by atoms with Crippen molar-refractivity contribution in [3.05, 3.63) is 41.4 Å². The molecular weight excluding hydrogens is 276 g/mol. The summed E-state index contributed by atoms with van der Waals surface area (Å²) < 4.78 is 0. The highest BCUT2D eigenvalue weighted by Crippen LogP contribution is 2.22. The summed E-state index contributed by atoms with van der Waals surface area (Å²) in [7, 11) is 0. The normalized spacial score (nSPS) is 9.95. The van der Waals surface area contributed by atoms with Gasteiger partial charge in [-0.15, -0.1) is 6.58 Å². The average molecular weight is 295 g/mol. The second-order valence-corrected chi connectivity index (χ2v) is 4.87. The number of nitrogens with one attached hydrogen (secondary N) is 1. The fraction of sp³-hybridized carbons (Fsp3) is 0.333. The summed E-state index contributed by atoms with van der Waals surface area (Å²) in [4.78, 5) is 24.8. The molecule has 0 aliphatic heterocycles. The van der Waals surface area contributed by atoms with Crippen LogP contribution in [-0.2, 0) is 9.59 Å². The van der Waals surface area contributed by atoms with Crippen LogP contribution in [0.25, 0.3) is 0 Å². The number of rotatable bonds is 6. The molecule has 108 valence electrons. The van der Waals surface area contributed by atoms with Crippen LogP contribution >= 0.6 is 11.6 Å². The molecule has 0 unspecified atom stereocenters. The van der Waals surface area contributed by atoms with Crippen molar-refractivity contribution in [3.8, 4) is 0 Å². The molecule has 0 saturated heterocycles. The van der Waals surface area contributed by atoms with Gasteiger partial charge < -0.3 is 10.2 Å². The molecule has 0 heterocycles. The van der Waals surface area contributed by atoms with Gasteiger partial charge in [-0.05, 0) is 24.6 Å². The van der Waals surface area contributed by atoms with Gasteiger partial charge in [0.15, 0.2) is 0 Å². The van der Waals surface area contributed by atoms with E-state index in [0.717, 1.165) is 5.56 Å². The van der Waals surface area contributed by atoms with Crippen molar-refractivity contribution in [1.29, 1.82) is 0 Å². The Morgan fingerprint density at radius 1 is 1.45 bits per heavy atom. The number of hydrogen-bond acceptors (Lipinski definition) is 2. The van der Waals surface area contributed by atoms with Crippen LogP contribution in [0.2, 0.25) is 5.02 Å². The van der Waals surface area contributed by atoms with Crippen molar-refractivity contribution < 1.29 is 9.59 Å². The maximum atomic E-state index is 11.9. The Kier molecular flexibility index (Phi) is 6.25. The number of hydrogen-bond donors (Lipinski definition) is 1. The third-order valence-corrected chi connectivity index (χ3v) is 3.35. The van der Waals surface area contributed by atoms with Gasteiger partial charge >= 0.3 is 0 Å². The van der Waals surface area contributed by atoms with Crippen molar-refractivity contribution in [2.75, 3.05) is 18.4 Å². The predicted octanol–water partition coefficient (Wildman–Crippen LogP) is 3.01. The van der Waals surface area contributed by atoms with Crippen LogP contribution in [0.3, 0.4) is 0 Å². The minimum absolute atomic E-state index is 0.0726. The first-order chi connectivity index (χ1) is 9.45. The largest absolute Gasteiger partial charge is 0.339 e. The number of amides is 2. The second kappa shape index (κ2) is 7.70. The van der Waals surface area contributed by atoms with E-state index in [1.165, 1.54) is 6.92 Å². The summed E-state index contributed by atoms with van der Waals surface area (Å²) in [6, 6.07) is 5.35. The Labute approximate surface area is 124 Å². The van der Waals surface area contributed by atoms with Gasteiger partial charge in [0.25, 0.3) is 0 Å². The standard InChI is InChI=1S/C15H19ClN2O2/c1-4-9-18(12(3)19)10-8-15(20)17-14-7-5-6-13(16)11(14)2/h4-7H,1,8-10H2,2-3H3,(H,17,20). The molecule has 0 fully saturated rings. The van der Waals surface area contributed by atoms with E-state index in [2.05, 4.69) is 11.9 Å². The molecule has 0 aromatic heterocycles. The van der Waals surface area contributed by atoms with Gasteiger partial charge in [0.1, 0.15) is 0 Å². The summed E-state index contributed by atoms with van der Waals surface area (Å²) in [5.74, 6) is -0.220. The third-order valence-electron chi connectivity index (χ3n) is 2.95. The maximum Gasteiger partial charge on any atom is 0.226 e. The highest BCUT2D eigenvalue weighted by molar-refractivity contribution is 6.31. The quantitative estimate of drug-likeness (QED) is 0.820. The van der Waals surface area contributed by atoms with Crippen molar-refractivity contribution >= 4 is 29.1 Å². The van der Waals surface area contributed by atoms with E-state index in [0.29, 0.717) is 23.8 Å². The van der Waals surface area contributed by atoms with Gasteiger partial charge in [0.2, 0.25) is 11.8 Å². The lowest BCUT2D eigenvalue weighted by Crippen LogP contribution is -2.32. The van der Waals surface area contributed by atoms with Gasteiger partial charge in [-0.1, -0.05) is 23.7 Å². The number of benzene rings is 1. The van der Waals surface area contributed by atoms with E-state index < -0.39 is 0 Å². The number of carbonyl (C=O) groups excluding carboxylic acids is 2. The minimum atomic E-state index is -0.148. The van der Waals surface area contributed by atoms with E-state index in [9.17, 15) is 9.59 Å². The maximum absolute atomic E-state index is 11.9. The van der Waals surface area contributed by atoms with Crippen LogP contribution in [0.5, 0.6) is 0 Å². The van der Waals surface area contributed by atoms with Gasteiger partial charge in [-0.3, -0.25) is 9.59 Å². The zero-order chi connectivity index (χ0) is 15.1. The van der Waals surface area contributed by atoms with Crippen LogP contribution in [0.15, 0.2) is 30.9 Å². The summed E-state index contributed by atoms with van der Waals surface area (Å²) in [5, 5.41) is 3.41. The SMILES string of the molecule is C=CCN(CCC(=O)Nc1cccc(Cl)c1C)C(C)=O. The van der Waals surface area contributed by atoms with E-state index in [4.69, 9.17) is 11.6 Å². The molecule has 1 aromatic rings. The average Bonchev–Trinajstić information content (AvgIpc) is 2.39. The molecule has 1 aromatic carbocycles. The lowest BCUT2D eigenvalue weighted by atomic mass is 10.2. The Balaban J connectivity index is 2.57. The van der Waals surface area contributed by atoms with E-state index >= 15 is 0 Å². The summed E-state index contributed by atoms with van der Waals surface area (Å²) in [5.41, 5.74) is 1.53. The molecule has 0 aliphatic carbocycles. The van der Waals surface area contributed by atoms with Gasteiger partial charge in [-0.2, -0.15) is 0 Å². The number of anilines is 1. The summed E-state index contributed by atoms with van der Waals surface area (Å²) in [6.45, 7) is 7.72. The van der Waals surface area contributed by atoms with E-state index in [1.54, 1.807) is 29.2 Å². The van der Waals surface area contributed by atoms with Crippen LogP contribution < -0.4 is 5.32 Å². The molecule has 1 rings (SSSR count). The lowest BCUT2D eigenvalue weighted by molar-refractivity contribution is -0.128. The molecule has 2 amide bonds. The molecule has 0 aliphatic rings. The number of halogens is 1. The number of nitrogens with zero attached hydrogens (tertiary/aromatic N) is 1. The summed E-state index contributed by atoms with van der Waals surface area (Å²) in [6.07, 6.45) is 1.87. The predicted molar refractivity (Wildman–Crippen MR) is 81.9 cm³/mol. The van der Waals surface area contributed by atoms with Crippen LogP contribution in [0.1, 0.15) is 18.9 Å². The fourth-order valence-corrected chi connectivity index (χ4v) is 1.90. The van der Waals surface area contributed by atoms with E-state index in [-0.39, 0.29) is 18.2 Å². The molecule has 0 radical (unpaired) electrons. The van der Waals surface area contributed by atoms with Crippen LogP contribution in [-0.4, -0.2) is 29.8 Å². The molecule has 0 atom stereocenters. The first-order valence-corrected chi connectivity index (χ1v) is 6.75. The van der Waals surface area contributed by atoms with Crippen LogP contribution in [0, 0.1) is 6.92 Å². The highest BCUT2D eigenvalue weighted by atomic mass is 35.5. The van der Waals surface area contributed by atoms with Gasteiger partial charge in [-0.25, -0.2) is 0 Å². The highest BCUT2D eigenvalue weighted by Gasteiger charge is 2.11. The van der Waals surface area contributed by atoms with Crippen molar-refractivity contribution in [1.82, 2.24) is 4.90 Å². The van der Waals surface area contributed by atoms with Gasteiger partial charge in [0.05, 0.1) is 0 Å². The molecule has 1 N–H and O–H groups in total. The molecule has 0 bridgehead atoms. The van der Waals surface area contributed by atoms with E-state index in [1.807, 2.05) is 6.92 Å². The Morgan fingerprint density at radius 3 is 2.75 bits per heavy atom. The van der Waals surface area contributed by atoms with Crippen molar-refractivity contribution in [2.45, 2.75) is 20.3 Å². The molecule has 0 spiro atoms. The van der Waals surface area contributed by atoms with Crippen LogP contribution in [0.4, 0.5) is 5.69 Å². The zero-order valence-electron chi connectivity index (χ0n) is 11.8. The Hall–Kier alpha value is -1.81. The van der Waals surface area contributed by atoms with Gasteiger partial charge in [0, 0.05) is 37.1 Å². The zero-order valence-corrected chi connectivity index (χ0v) is 12.5. The molecular formula is C15H19ClN2O2.